The zero-order valence-corrected chi connectivity index (χ0v) is 11.7. The lowest BCUT2D eigenvalue weighted by atomic mass is 10.2. The van der Waals surface area contributed by atoms with Gasteiger partial charge < -0.3 is 15.0 Å². The normalized spacial score (nSPS) is 15.3. The molecule has 1 fully saturated rings. The molecule has 0 amide bonds. The van der Waals surface area contributed by atoms with E-state index in [4.69, 9.17) is 4.74 Å². The summed E-state index contributed by atoms with van der Waals surface area (Å²) in [6, 6.07) is 10.6. The molecule has 1 aromatic carbocycles. The maximum Gasteiger partial charge on any atom is 0.0642 e. The third-order valence-corrected chi connectivity index (χ3v) is 3.64. The zero-order chi connectivity index (χ0) is 13.8. The van der Waals surface area contributed by atoms with Crippen LogP contribution in [0, 0.1) is 0 Å². The largest absolute Gasteiger partial charge is 0.379 e. The smallest absolute Gasteiger partial charge is 0.0642 e. The SMILES string of the molecule is Cn1nccc1CNc1ccc(N2CCOCC2)cc1. The topological polar surface area (TPSA) is 42.3 Å². The summed E-state index contributed by atoms with van der Waals surface area (Å²) in [5.41, 5.74) is 3.56. The average molecular weight is 272 g/mol. The Morgan fingerprint density at radius 1 is 1.15 bits per heavy atom. The first-order valence-corrected chi connectivity index (χ1v) is 6.96. The molecular formula is C15H20N4O. The number of aromatic nitrogens is 2. The highest BCUT2D eigenvalue weighted by Gasteiger charge is 2.10. The number of aryl methyl sites for hydroxylation is 1. The Kier molecular flexibility index (Phi) is 3.87. The van der Waals surface area contributed by atoms with Crippen molar-refractivity contribution in [1.82, 2.24) is 9.78 Å². The third-order valence-electron chi connectivity index (χ3n) is 3.64. The van der Waals surface area contributed by atoms with E-state index in [0.717, 1.165) is 38.5 Å². The fourth-order valence-electron chi connectivity index (χ4n) is 2.38. The van der Waals surface area contributed by atoms with Crippen molar-refractivity contribution in [2.24, 2.45) is 7.05 Å². The lowest BCUT2D eigenvalue weighted by Gasteiger charge is -2.28. The lowest BCUT2D eigenvalue weighted by Crippen LogP contribution is -2.36. The Morgan fingerprint density at radius 3 is 2.55 bits per heavy atom. The predicted octanol–water partition coefficient (Wildman–Crippen LogP) is 1.87. The standard InChI is InChI=1S/C15H20N4O/c1-18-15(6-7-17-18)12-16-13-2-4-14(5-3-13)19-8-10-20-11-9-19/h2-7,16H,8-12H2,1H3. The molecule has 0 atom stereocenters. The molecule has 1 aliphatic heterocycles. The number of hydrogen-bond donors (Lipinski definition) is 1. The first kappa shape index (κ1) is 13.0. The van der Waals surface area contributed by atoms with Crippen LogP contribution in [0.25, 0.3) is 0 Å². The van der Waals surface area contributed by atoms with E-state index in [1.54, 1.807) is 0 Å². The minimum absolute atomic E-state index is 0.785. The summed E-state index contributed by atoms with van der Waals surface area (Å²) in [5, 5.41) is 7.58. The highest BCUT2D eigenvalue weighted by Crippen LogP contribution is 2.19. The van der Waals surface area contributed by atoms with E-state index in [9.17, 15) is 0 Å². The number of anilines is 2. The summed E-state index contributed by atoms with van der Waals surface area (Å²) in [6.45, 7) is 4.37. The Balaban J connectivity index is 1.59. The van der Waals surface area contributed by atoms with Crippen LogP contribution in [0.2, 0.25) is 0 Å². The van der Waals surface area contributed by atoms with Crippen LogP contribution in [0.4, 0.5) is 11.4 Å². The van der Waals surface area contributed by atoms with Gasteiger partial charge in [0.05, 0.1) is 25.5 Å². The minimum Gasteiger partial charge on any atom is -0.379 e. The van der Waals surface area contributed by atoms with Gasteiger partial charge in [0.25, 0.3) is 0 Å². The summed E-state index contributed by atoms with van der Waals surface area (Å²) in [5.74, 6) is 0. The molecule has 106 valence electrons. The number of hydrogen-bond acceptors (Lipinski definition) is 4. The summed E-state index contributed by atoms with van der Waals surface area (Å²) in [4.78, 5) is 2.36. The van der Waals surface area contributed by atoms with E-state index in [2.05, 4.69) is 39.6 Å². The lowest BCUT2D eigenvalue weighted by molar-refractivity contribution is 0.122. The molecule has 20 heavy (non-hydrogen) atoms. The second-order valence-electron chi connectivity index (χ2n) is 4.95. The molecule has 5 nitrogen and oxygen atoms in total. The van der Waals surface area contributed by atoms with Crippen LogP contribution >= 0.6 is 0 Å². The molecule has 2 aromatic rings. The fraction of sp³-hybridized carbons (Fsp3) is 0.400. The summed E-state index contributed by atoms with van der Waals surface area (Å²) in [7, 11) is 1.96. The van der Waals surface area contributed by atoms with Crippen LogP contribution in [0.3, 0.4) is 0 Å². The number of nitrogens with zero attached hydrogens (tertiary/aromatic N) is 3. The Hall–Kier alpha value is -2.01. The Bertz CT molecular complexity index is 543. The molecule has 2 heterocycles. The van der Waals surface area contributed by atoms with Crippen molar-refractivity contribution in [2.75, 3.05) is 36.5 Å². The van der Waals surface area contributed by atoms with Crippen molar-refractivity contribution in [3.8, 4) is 0 Å². The second kappa shape index (κ2) is 5.96. The summed E-state index contributed by atoms with van der Waals surface area (Å²) in [6.07, 6.45) is 1.82. The monoisotopic (exact) mass is 272 g/mol. The van der Waals surface area contributed by atoms with Crippen LogP contribution in [-0.4, -0.2) is 36.1 Å². The summed E-state index contributed by atoms with van der Waals surface area (Å²) < 4.78 is 7.26. The van der Waals surface area contributed by atoms with Gasteiger partial charge in [0.15, 0.2) is 0 Å². The molecule has 5 heteroatoms. The van der Waals surface area contributed by atoms with Gasteiger partial charge in [-0.05, 0) is 30.3 Å². The number of ether oxygens (including phenoxy) is 1. The van der Waals surface area contributed by atoms with E-state index in [-0.39, 0.29) is 0 Å². The van der Waals surface area contributed by atoms with Gasteiger partial charge in [-0.25, -0.2) is 0 Å². The molecule has 0 radical (unpaired) electrons. The molecular weight excluding hydrogens is 252 g/mol. The van der Waals surface area contributed by atoms with Crippen molar-refractivity contribution >= 4 is 11.4 Å². The maximum atomic E-state index is 5.37. The zero-order valence-electron chi connectivity index (χ0n) is 11.7. The van der Waals surface area contributed by atoms with Gasteiger partial charge in [-0.3, -0.25) is 4.68 Å². The van der Waals surface area contributed by atoms with E-state index in [1.807, 2.05) is 24.0 Å². The van der Waals surface area contributed by atoms with E-state index >= 15 is 0 Å². The molecule has 1 N–H and O–H groups in total. The van der Waals surface area contributed by atoms with Gasteiger partial charge >= 0.3 is 0 Å². The number of morpholine rings is 1. The highest BCUT2D eigenvalue weighted by atomic mass is 16.5. The molecule has 0 saturated carbocycles. The van der Waals surface area contributed by atoms with Crippen molar-refractivity contribution in [1.29, 1.82) is 0 Å². The molecule has 3 rings (SSSR count). The predicted molar refractivity (Wildman–Crippen MR) is 80.0 cm³/mol. The first-order valence-electron chi connectivity index (χ1n) is 6.96. The first-order chi connectivity index (χ1) is 9.83. The van der Waals surface area contributed by atoms with Crippen LogP contribution < -0.4 is 10.2 Å². The van der Waals surface area contributed by atoms with Gasteiger partial charge in [-0.15, -0.1) is 0 Å². The average Bonchev–Trinajstić information content (AvgIpc) is 2.92. The quantitative estimate of drug-likeness (QED) is 0.922. The second-order valence-corrected chi connectivity index (χ2v) is 4.95. The van der Waals surface area contributed by atoms with Gasteiger partial charge in [-0.2, -0.15) is 5.10 Å². The van der Waals surface area contributed by atoms with E-state index in [1.165, 1.54) is 11.4 Å². The molecule has 1 saturated heterocycles. The van der Waals surface area contributed by atoms with Gasteiger partial charge in [0.1, 0.15) is 0 Å². The van der Waals surface area contributed by atoms with Gasteiger partial charge in [-0.1, -0.05) is 0 Å². The number of benzene rings is 1. The molecule has 0 spiro atoms. The third kappa shape index (κ3) is 2.93. The van der Waals surface area contributed by atoms with E-state index < -0.39 is 0 Å². The number of nitrogens with one attached hydrogen (secondary N) is 1. The Morgan fingerprint density at radius 2 is 1.90 bits per heavy atom. The van der Waals surface area contributed by atoms with Crippen LogP contribution in [-0.2, 0) is 18.3 Å². The van der Waals surface area contributed by atoms with Crippen LogP contribution in [0.1, 0.15) is 5.69 Å². The van der Waals surface area contributed by atoms with E-state index in [0.29, 0.717) is 0 Å². The van der Waals surface area contributed by atoms with Gasteiger partial charge in [0, 0.05) is 37.7 Å². The van der Waals surface area contributed by atoms with Crippen molar-refractivity contribution in [3.05, 3.63) is 42.2 Å². The molecule has 1 aromatic heterocycles. The molecule has 1 aliphatic rings. The van der Waals surface area contributed by atoms with Crippen molar-refractivity contribution in [3.63, 3.8) is 0 Å². The minimum atomic E-state index is 0.785. The van der Waals surface area contributed by atoms with Gasteiger partial charge in [0.2, 0.25) is 0 Å². The maximum absolute atomic E-state index is 5.37. The van der Waals surface area contributed by atoms with Crippen LogP contribution in [0.15, 0.2) is 36.5 Å². The van der Waals surface area contributed by atoms with Crippen molar-refractivity contribution in [2.45, 2.75) is 6.54 Å². The number of rotatable bonds is 4. The molecule has 0 bridgehead atoms. The molecule has 0 unspecified atom stereocenters. The fourth-order valence-corrected chi connectivity index (χ4v) is 2.38. The van der Waals surface area contributed by atoms with Crippen LogP contribution in [0.5, 0.6) is 0 Å². The Labute approximate surface area is 119 Å². The summed E-state index contributed by atoms with van der Waals surface area (Å²) >= 11 is 0. The highest BCUT2D eigenvalue weighted by molar-refractivity contribution is 5.55. The molecule has 0 aliphatic carbocycles. The van der Waals surface area contributed by atoms with Crippen molar-refractivity contribution < 1.29 is 4.74 Å².